The molecule has 1 heterocycles. The highest BCUT2D eigenvalue weighted by atomic mass is 14.9. The Labute approximate surface area is 97.7 Å². The molecule has 0 spiro atoms. The minimum absolute atomic E-state index is 0.616. The average Bonchev–Trinajstić information content (AvgIpc) is 2.95. The number of aromatic nitrogens is 2. The van der Waals surface area contributed by atoms with Gasteiger partial charge in [0, 0.05) is 18.7 Å². The van der Waals surface area contributed by atoms with Crippen LogP contribution in [-0.2, 0) is 6.54 Å². The third-order valence-corrected chi connectivity index (χ3v) is 3.03. The van der Waals surface area contributed by atoms with E-state index in [0.717, 1.165) is 30.5 Å². The van der Waals surface area contributed by atoms with Gasteiger partial charge < -0.3 is 5.32 Å². The molecule has 0 saturated heterocycles. The van der Waals surface area contributed by atoms with Crippen LogP contribution in [0.5, 0.6) is 0 Å². The average molecular weight is 219 g/mol. The molecule has 88 valence electrons. The van der Waals surface area contributed by atoms with Crippen LogP contribution in [0.15, 0.2) is 12.3 Å². The highest BCUT2D eigenvalue weighted by Gasteiger charge is 2.36. The number of rotatable bonds is 5. The zero-order valence-electron chi connectivity index (χ0n) is 10.4. The molecule has 1 aromatic heterocycles. The van der Waals surface area contributed by atoms with Crippen molar-refractivity contribution in [2.45, 2.75) is 39.7 Å². The molecule has 0 bridgehead atoms. The highest BCUT2D eigenvalue weighted by Crippen LogP contribution is 2.45. The van der Waals surface area contributed by atoms with E-state index in [0.29, 0.717) is 11.8 Å². The van der Waals surface area contributed by atoms with Gasteiger partial charge in [0.1, 0.15) is 5.82 Å². The summed E-state index contributed by atoms with van der Waals surface area (Å²) in [7, 11) is 0. The minimum Gasteiger partial charge on any atom is -0.311 e. The SMILES string of the molecule is CC(C)CNCc1ccnc(C2CC2C)n1. The molecule has 2 rings (SSSR count). The number of nitrogens with zero attached hydrogens (tertiary/aromatic N) is 2. The maximum absolute atomic E-state index is 4.61. The molecule has 0 aromatic carbocycles. The van der Waals surface area contributed by atoms with Crippen molar-refractivity contribution in [3.05, 3.63) is 23.8 Å². The van der Waals surface area contributed by atoms with Crippen molar-refractivity contribution in [1.82, 2.24) is 15.3 Å². The van der Waals surface area contributed by atoms with Crippen LogP contribution in [0.1, 0.15) is 44.6 Å². The van der Waals surface area contributed by atoms with E-state index in [1.54, 1.807) is 0 Å². The van der Waals surface area contributed by atoms with E-state index < -0.39 is 0 Å². The fourth-order valence-electron chi connectivity index (χ4n) is 1.86. The zero-order chi connectivity index (χ0) is 11.5. The normalized spacial score (nSPS) is 23.8. The summed E-state index contributed by atoms with van der Waals surface area (Å²) in [5.41, 5.74) is 1.12. The van der Waals surface area contributed by atoms with E-state index in [4.69, 9.17) is 0 Å². The Morgan fingerprint density at radius 2 is 2.25 bits per heavy atom. The Morgan fingerprint density at radius 3 is 2.88 bits per heavy atom. The van der Waals surface area contributed by atoms with E-state index in [2.05, 4.69) is 36.1 Å². The smallest absolute Gasteiger partial charge is 0.131 e. The van der Waals surface area contributed by atoms with Crippen LogP contribution in [0, 0.1) is 11.8 Å². The summed E-state index contributed by atoms with van der Waals surface area (Å²) in [6.07, 6.45) is 3.14. The van der Waals surface area contributed by atoms with Crippen LogP contribution < -0.4 is 5.32 Å². The van der Waals surface area contributed by atoms with Crippen LogP contribution in [0.4, 0.5) is 0 Å². The molecule has 1 aromatic rings. The molecular formula is C13H21N3. The van der Waals surface area contributed by atoms with Gasteiger partial charge in [0.2, 0.25) is 0 Å². The van der Waals surface area contributed by atoms with E-state index in [-0.39, 0.29) is 0 Å². The van der Waals surface area contributed by atoms with Gasteiger partial charge in [-0.2, -0.15) is 0 Å². The van der Waals surface area contributed by atoms with Crippen molar-refractivity contribution in [1.29, 1.82) is 0 Å². The largest absolute Gasteiger partial charge is 0.311 e. The molecule has 3 heteroatoms. The number of nitrogens with one attached hydrogen (secondary N) is 1. The summed E-state index contributed by atoms with van der Waals surface area (Å²) in [4.78, 5) is 8.96. The molecule has 1 fully saturated rings. The molecule has 1 aliphatic rings. The fourth-order valence-corrected chi connectivity index (χ4v) is 1.86. The molecule has 0 aliphatic heterocycles. The summed E-state index contributed by atoms with van der Waals surface area (Å²) >= 11 is 0. The summed E-state index contributed by atoms with van der Waals surface area (Å²) in [6, 6.07) is 2.00. The lowest BCUT2D eigenvalue weighted by molar-refractivity contribution is 0.546. The van der Waals surface area contributed by atoms with Gasteiger partial charge in [-0.05, 0) is 30.9 Å². The zero-order valence-corrected chi connectivity index (χ0v) is 10.4. The van der Waals surface area contributed by atoms with Gasteiger partial charge in [-0.3, -0.25) is 0 Å². The summed E-state index contributed by atoms with van der Waals surface area (Å²) in [5, 5.41) is 3.41. The fraction of sp³-hybridized carbons (Fsp3) is 0.692. The second-order valence-corrected chi connectivity index (χ2v) is 5.25. The maximum Gasteiger partial charge on any atom is 0.131 e. The van der Waals surface area contributed by atoms with Crippen LogP contribution in [0.3, 0.4) is 0 Å². The second kappa shape index (κ2) is 4.91. The number of hydrogen-bond acceptors (Lipinski definition) is 3. The molecule has 0 radical (unpaired) electrons. The first kappa shape index (κ1) is 11.5. The molecule has 1 aliphatic carbocycles. The van der Waals surface area contributed by atoms with Crippen LogP contribution in [0.2, 0.25) is 0 Å². The molecular weight excluding hydrogens is 198 g/mol. The van der Waals surface area contributed by atoms with E-state index >= 15 is 0 Å². The highest BCUT2D eigenvalue weighted by molar-refractivity contribution is 5.12. The van der Waals surface area contributed by atoms with E-state index in [1.165, 1.54) is 6.42 Å². The van der Waals surface area contributed by atoms with Crippen LogP contribution in [-0.4, -0.2) is 16.5 Å². The first-order chi connectivity index (χ1) is 7.66. The third kappa shape index (κ3) is 3.01. The predicted molar refractivity (Wildman–Crippen MR) is 65.1 cm³/mol. The first-order valence-electron chi connectivity index (χ1n) is 6.19. The summed E-state index contributed by atoms with van der Waals surface area (Å²) in [6.45, 7) is 8.58. The van der Waals surface area contributed by atoms with Gasteiger partial charge in [0.05, 0.1) is 5.69 Å². The van der Waals surface area contributed by atoms with Gasteiger partial charge in [-0.15, -0.1) is 0 Å². The Hall–Kier alpha value is -0.960. The van der Waals surface area contributed by atoms with Crippen molar-refractivity contribution in [2.24, 2.45) is 11.8 Å². The minimum atomic E-state index is 0.616. The third-order valence-electron chi connectivity index (χ3n) is 3.03. The predicted octanol–water partition coefficient (Wildman–Crippen LogP) is 2.35. The van der Waals surface area contributed by atoms with Crippen molar-refractivity contribution < 1.29 is 0 Å². The maximum atomic E-state index is 4.61. The molecule has 1 N–H and O–H groups in total. The van der Waals surface area contributed by atoms with Gasteiger partial charge in [0.15, 0.2) is 0 Å². The molecule has 3 nitrogen and oxygen atoms in total. The molecule has 1 saturated carbocycles. The first-order valence-corrected chi connectivity index (χ1v) is 6.19. The lowest BCUT2D eigenvalue weighted by atomic mass is 10.2. The Bertz CT molecular complexity index is 349. The van der Waals surface area contributed by atoms with Crippen molar-refractivity contribution in [3.8, 4) is 0 Å². The quantitative estimate of drug-likeness (QED) is 0.826. The van der Waals surface area contributed by atoms with Crippen molar-refractivity contribution >= 4 is 0 Å². The Kier molecular flexibility index (Phi) is 3.54. The lowest BCUT2D eigenvalue weighted by Crippen LogP contribution is -2.20. The van der Waals surface area contributed by atoms with Gasteiger partial charge in [0.25, 0.3) is 0 Å². The summed E-state index contributed by atoms with van der Waals surface area (Å²) < 4.78 is 0. The second-order valence-electron chi connectivity index (χ2n) is 5.25. The van der Waals surface area contributed by atoms with Crippen molar-refractivity contribution in [3.63, 3.8) is 0 Å². The molecule has 16 heavy (non-hydrogen) atoms. The van der Waals surface area contributed by atoms with E-state index in [9.17, 15) is 0 Å². The molecule has 0 amide bonds. The Morgan fingerprint density at radius 1 is 1.50 bits per heavy atom. The van der Waals surface area contributed by atoms with Crippen LogP contribution >= 0.6 is 0 Å². The summed E-state index contributed by atoms with van der Waals surface area (Å²) in [5.74, 6) is 3.12. The number of hydrogen-bond donors (Lipinski definition) is 1. The van der Waals surface area contributed by atoms with E-state index in [1.807, 2.05) is 12.3 Å². The molecule has 2 unspecified atom stereocenters. The lowest BCUT2D eigenvalue weighted by Gasteiger charge is -2.07. The topological polar surface area (TPSA) is 37.8 Å². The van der Waals surface area contributed by atoms with Crippen LogP contribution in [0.25, 0.3) is 0 Å². The molecule has 2 atom stereocenters. The monoisotopic (exact) mass is 219 g/mol. The van der Waals surface area contributed by atoms with Gasteiger partial charge in [-0.1, -0.05) is 20.8 Å². The Balaban J connectivity index is 1.89. The van der Waals surface area contributed by atoms with Gasteiger partial charge >= 0.3 is 0 Å². The standard InChI is InChI=1S/C13H21N3/c1-9(2)7-14-8-11-4-5-15-13(16-11)12-6-10(12)3/h4-5,9-10,12,14H,6-8H2,1-3H3. The van der Waals surface area contributed by atoms with Gasteiger partial charge in [-0.25, -0.2) is 9.97 Å². The van der Waals surface area contributed by atoms with Crippen molar-refractivity contribution in [2.75, 3.05) is 6.54 Å².